The van der Waals surface area contributed by atoms with E-state index in [2.05, 4.69) is 41.9 Å². The van der Waals surface area contributed by atoms with Gasteiger partial charge in [0.15, 0.2) is 0 Å². The highest BCUT2D eigenvalue weighted by Gasteiger charge is 2.09. The van der Waals surface area contributed by atoms with Gasteiger partial charge in [0.25, 0.3) is 0 Å². The molecular formula is C16H21N3O. The number of primary amides is 1. The molecule has 20 heavy (non-hydrogen) atoms. The molecule has 0 bridgehead atoms. The molecule has 4 nitrogen and oxygen atoms in total. The van der Waals surface area contributed by atoms with Crippen LogP contribution in [-0.4, -0.2) is 17.0 Å². The first-order chi connectivity index (χ1) is 9.59. The molecule has 0 fully saturated rings. The fourth-order valence-electron chi connectivity index (χ4n) is 2.42. The molecule has 0 saturated carbocycles. The number of para-hydroxylation sites is 1. The fourth-order valence-corrected chi connectivity index (χ4v) is 2.42. The molecule has 0 aliphatic rings. The number of amides is 1. The summed E-state index contributed by atoms with van der Waals surface area (Å²) in [6, 6.07) is 12.5. The van der Waals surface area contributed by atoms with Crippen molar-refractivity contribution in [2.75, 3.05) is 6.54 Å². The second-order valence-corrected chi connectivity index (χ2v) is 4.96. The van der Waals surface area contributed by atoms with E-state index in [1.807, 2.05) is 18.2 Å². The quantitative estimate of drug-likeness (QED) is 0.790. The standard InChI is InChI=1S/C16H21N3O/c1-12-10-14(11-18-9-8-16(17)20)13(2)19(12)15-6-4-3-5-7-15/h3-7,10,18H,8-9,11H2,1-2H3,(H2,17,20). The van der Waals surface area contributed by atoms with Crippen molar-refractivity contribution in [2.45, 2.75) is 26.8 Å². The third kappa shape index (κ3) is 3.27. The van der Waals surface area contributed by atoms with Crippen molar-refractivity contribution in [2.24, 2.45) is 5.73 Å². The molecular weight excluding hydrogens is 250 g/mol. The van der Waals surface area contributed by atoms with Gasteiger partial charge in [0.05, 0.1) is 0 Å². The van der Waals surface area contributed by atoms with E-state index in [1.165, 1.54) is 22.6 Å². The lowest BCUT2D eigenvalue weighted by Crippen LogP contribution is -2.21. The van der Waals surface area contributed by atoms with Gasteiger partial charge in [-0.15, -0.1) is 0 Å². The van der Waals surface area contributed by atoms with Crippen molar-refractivity contribution in [1.82, 2.24) is 9.88 Å². The molecule has 0 unspecified atom stereocenters. The smallest absolute Gasteiger partial charge is 0.218 e. The maximum atomic E-state index is 10.7. The lowest BCUT2D eigenvalue weighted by Gasteiger charge is -2.10. The Bertz CT molecular complexity index is 587. The maximum Gasteiger partial charge on any atom is 0.218 e. The molecule has 1 heterocycles. The number of hydrogen-bond acceptors (Lipinski definition) is 2. The minimum Gasteiger partial charge on any atom is -0.370 e. The Kier molecular flexibility index (Phi) is 4.58. The summed E-state index contributed by atoms with van der Waals surface area (Å²) in [7, 11) is 0. The minimum atomic E-state index is -0.271. The molecule has 1 amide bonds. The topological polar surface area (TPSA) is 60.0 Å². The van der Waals surface area contributed by atoms with E-state index in [4.69, 9.17) is 5.73 Å². The molecule has 106 valence electrons. The van der Waals surface area contributed by atoms with E-state index >= 15 is 0 Å². The number of aromatic nitrogens is 1. The van der Waals surface area contributed by atoms with Gasteiger partial charge >= 0.3 is 0 Å². The van der Waals surface area contributed by atoms with Gasteiger partial charge in [0.1, 0.15) is 0 Å². The Hall–Kier alpha value is -2.07. The summed E-state index contributed by atoms with van der Waals surface area (Å²) < 4.78 is 2.24. The van der Waals surface area contributed by atoms with Crippen LogP contribution in [0.2, 0.25) is 0 Å². The van der Waals surface area contributed by atoms with Crippen LogP contribution in [0.4, 0.5) is 0 Å². The van der Waals surface area contributed by atoms with Crippen LogP contribution in [0.25, 0.3) is 5.69 Å². The van der Waals surface area contributed by atoms with Crippen molar-refractivity contribution in [3.63, 3.8) is 0 Å². The number of nitrogens with one attached hydrogen (secondary N) is 1. The molecule has 0 aliphatic heterocycles. The summed E-state index contributed by atoms with van der Waals surface area (Å²) in [5, 5.41) is 3.25. The van der Waals surface area contributed by atoms with Crippen LogP contribution in [-0.2, 0) is 11.3 Å². The van der Waals surface area contributed by atoms with Crippen LogP contribution in [0, 0.1) is 13.8 Å². The van der Waals surface area contributed by atoms with Crippen LogP contribution < -0.4 is 11.1 Å². The van der Waals surface area contributed by atoms with E-state index < -0.39 is 0 Å². The highest BCUT2D eigenvalue weighted by Crippen LogP contribution is 2.20. The van der Waals surface area contributed by atoms with E-state index in [9.17, 15) is 4.79 Å². The molecule has 0 saturated heterocycles. The van der Waals surface area contributed by atoms with Crippen LogP contribution in [0.5, 0.6) is 0 Å². The zero-order valence-electron chi connectivity index (χ0n) is 12.0. The molecule has 2 rings (SSSR count). The molecule has 3 N–H and O–H groups in total. The molecule has 1 aromatic carbocycles. The minimum absolute atomic E-state index is 0.271. The number of hydrogen-bond donors (Lipinski definition) is 2. The van der Waals surface area contributed by atoms with Gasteiger partial charge in [-0.2, -0.15) is 0 Å². The number of rotatable bonds is 6. The Morgan fingerprint density at radius 1 is 1.25 bits per heavy atom. The van der Waals surface area contributed by atoms with E-state index in [0.717, 1.165) is 6.54 Å². The van der Waals surface area contributed by atoms with Crippen LogP contribution in [0.1, 0.15) is 23.4 Å². The Morgan fingerprint density at radius 3 is 2.60 bits per heavy atom. The number of aryl methyl sites for hydroxylation is 1. The van der Waals surface area contributed by atoms with E-state index in [1.54, 1.807) is 0 Å². The maximum absolute atomic E-state index is 10.7. The van der Waals surface area contributed by atoms with Crippen molar-refractivity contribution in [1.29, 1.82) is 0 Å². The molecule has 1 aromatic heterocycles. The predicted octanol–water partition coefficient (Wildman–Crippen LogP) is 2.06. The molecule has 0 aliphatic carbocycles. The number of nitrogens with zero attached hydrogens (tertiary/aromatic N) is 1. The highest BCUT2D eigenvalue weighted by molar-refractivity contribution is 5.73. The number of carbonyl (C=O) groups excluding carboxylic acids is 1. The van der Waals surface area contributed by atoms with Crippen molar-refractivity contribution < 1.29 is 4.79 Å². The zero-order valence-corrected chi connectivity index (χ0v) is 12.0. The first kappa shape index (κ1) is 14.3. The fraction of sp³-hybridized carbons (Fsp3) is 0.312. The van der Waals surface area contributed by atoms with Gasteiger partial charge in [-0.1, -0.05) is 18.2 Å². The first-order valence-electron chi connectivity index (χ1n) is 6.82. The molecule has 0 atom stereocenters. The van der Waals surface area contributed by atoms with Gasteiger partial charge in [-0.05, 0) is 37.6 Å². The SMILES string of the molecule is Cc1cc(CNCCC(N)=O)c(C)n1-c1ccccc1. The molecule has 0 spiro atoms. The molecule has 4 heteroatoms. The van der Waals surface area contributed by atoms with Crippen molar-refractivity contribution in [3.05, 3.63) is 53.3 Å². The lowest BCUT2D eigenvalue weighted by molar-refractivity contribution is -0.117. The van der Waals surface area contributed by atoms with Gasteiger partial charge in [0, 0.05) is 36.6 Å². The second kappa shape index (κ2) is 6.39. The highest BCUT2D eigenvalue weighted by atomic mass is 16.1. The normalized spacial score (nSPS) is 10.7. The van der Waals surface area contributed by atoms with Crippen molar-refractivity contribution >= 4 is 5.91 Å². The average molecular weight is 271 g/mol. The Labute approximate surface area is 119 Å². The van der Waals surface area contributed by atoms with E-state index in [-0.39, 0.29) is 5.91 Å². The summed E-state index contributed by atoms with van der Waals surface area (Å²) in [6.07, 6.45) is 0.372. The van der Waals surface area contributed by atoms with Crippen LogP contribution in [0.15, 0.2) is 36.4 Å². The molecule has 0 radical (unpaired) electrons. The van der Waals surface area contributed by atoms with Gasteiger partial charge in [-0.25, -0.2) is 0 Å². The largest absolute Gasteiger partial charge is 0.370 e. The monoisotopic (exact) mass is 271 g/mol. The second-order valence-electron chi connectivity index (χ2n) is 4.96. The third-order valence-electron chi connectivity index (χ3n) is 3.41. The summed E-state index contributed by atoms with van der Waals surface area (Å²) in [4.78, 5) is 10.7. The van der Waals surface area contributed by atoms with Crippen LogP contribution >= 0.6 is 0 Å². The number of nitrogens with two attached hydrogens (primary N) is 1. The average Bonchev–Trinajstić information content (AvgIpc) is 2.70. The Balaban J connectivity index is 2.11. The first-order valence-corrected chi connectivity index (χ1v) is 6.82. The third-order valence-corrected chi connectivity index (χ3v) is 3.41. The molecule has 2 aromatic rings. The number of carbonyl (C=O) groups is 1. The van der Waals surface area contributed by atoms with Crippen molar-refractivity contribution in [3.8, 4) is 5.69 Å². The van der Waals surface area contributed by atoms with Gasteiger partial charge < -0.3 is 15.6 Å². The number of benzene rings is 1. The lowest BCUT2D eigenvalue weighted by atomic mass is 10.2. The zero-order chi connectivity index (χ0) is 14.5. The Morgan fingerprint density at radius 2 is 1.95 bits per heavy atom. The van der Waals surface area contributed by atoms with Crippen LogP contribution in [0.3, 0.4) is 0 Å². The van der Waals surface area contributed by atoms with Gasteiger partial charge in [0.2, 0.25) is 5.91 Å². The van der Waals surface area contributed by atoms with E-state index in [0.29, 0.717) is 13.0 Å². The summed E-state index contributed by atoms with van der Waals surface area (Å²) in [6.45, 7) is 5.59. The summed E-state index contributed by atoms with van der Waals surface area (Å²) >= 11 is 0. The van der Waals surface area contributed by atoms with Gasteiger partial charge in [-0.3, -0.25) is 4.79 Å². The predicted molar refractivity (Wildman–Crippen MR) is 80.8 cm³/mol. The summed E-state index contributed by atoms with van der Waals surface area (Å²) in [5.74, 6) is -0.271. The summed E-state index contributed by atoms with van der Waals surface area (Å²) in [5.41, 5.74) is 9.97.